The third kappa shape index (κ3) is 9.81. The molecule has 11 heteroatoms. The maximum Gasteiger partial charge on any atom is 0.338 e. The smallest absolute Gasteiger partial charge is 0.338 e. The summed E-state index contributed by atoms with van der Waals surface area (Å²) in [5.74, 6) is -3.03. The van der Waals surface area contributed by atoms with Gasteiger partial charge >= 0.3 is 23.9 Å². The molecule has 0 bridgehead atoms. The standard InChI is InChI=1S/C42H35NO10/c44-39(30-18-8-2-9-19-30)48-28-35-37(52-41(46)32-22-12-4-13-23-32)38(53-42(47)33-24-14-5-15-25-33)36(51-40(45)31-20-10-3-11-21-31)34(50-35)26-43-49-27-29-16-6-1-7-17-29/h1-26,34-38H,27-28H2/b43-26+/t34-,35+,36-,37+,38+/m0/s1. The first-order valence-corrected chi connectivity index (χ1v) is 16.8. The van der Waals surface area contributed by atoms with Crippen LogP contribution in [0.25, 0.3) is 0 Å². The number of benzene rings is 5. The number of carbonyl (C=O) groups is 4. The summed E-state index contributed by atoms with van der Waals surface area (Å²) < 4.78 is 30.2. The van der Waals surface area contributed by atoms with Gasteiger partial charge in [0.25, 0.3) is 0 Å². The van der Waals surface area contributed by atoms with Crippen molar-refractivity contribution in [3.63, 3.8) is 0 Å². The van der Waals surface area contributed by atoms with E-state index in [4.69, 9.17) is 28.5 Å². The third-order valence-electron chi connectivity index (χ3n) is 8.17. The van der Waals surface area contributed by atoms with Gasteiger partial charge in [0.1, 0.15) is 25.4 Å². The molecule has 1 heterocycles. The first-order valence-electron chi connectivity index (χ1n) is 16.8. The second-order valence-corrected chi connectivity index (χ2v) is 11.8. The minimum absolute atomic E-state index is 0.111. The average Bonchev–Trinajstić information content (AvgIpc) is 3.22. The molecule has 0 N–H and O–H groups in total. The van der Waals surface area contributed by atoms with Crippen molar-refractivity contribution in [1.29, 1.82) is 0 Å². The van der Waals surface area contributed by atoms with Crippen LogP contribution in [0.3, 0.4) is 0 Å². The van der Waals surface area contributed by atoms with Gasteiger partial charge < -0.3 is 28.5 Å². The summed E-state index contributed by atoms with van der Waals surface area (Å²) in [4.78, 5) is 59.6. The summed E-state index contributed by atoms with van der Waals surface area (Å²) in [5.41, 5.74) is 1.69. The predicted molar refractivity (Wildman–Crippen MR) is 192 cm³/mol. The van der Waals surface area contributed by atoms with Gasteiger partial charge in [0.2, 0.25) is 0 Å². The highest BCUT2D eigenvalue weighted by atomic mass is 16.7. The van der Waals surface area contributed by atoms with Crippen molar-refractivity contribution in [3.8, 4) is 0 Å². The van der Waals surface area contributed by atoms with Gasteiger partial charge in [0.05, 0.1) is 28.5 Å². The Bertz CT molecular complexity index is 1980. The van der Waals surface area contributed by atoms with Crippen LogP contribution in [0, 0.1) is 0 Å². The highest BCUT2D eigenvalue weighted by Crippen LogP contribution is 2.31. The molecule has 0 aliphatic carbocycles. The number of esters is 4. The van der Waals surface area contributed by atoms with E-state index in [1.807, 2.05) is 30.3 Å². The number of hydrogen-bond acceptors (Lipinski definition) is 11. The molecule has 0 unspecified atom stereocenters. The molecule has 0 saturated carbocycles. The van der Waals surface area contributed by atoms with Crippen LogP contribution in [0.4, 0.5) is 0 Å². The van der Waals surface area contributed by atoms with E-state index in [0.29, 0.717) is 0 Å². The monoisotopic (exact) mass is 713 g/mol. The topological polar surface area (TPSA) is 136 Å². The van der Waals surface area contributed by atoms with Gasteiger partial charge in [0.15, 0.2) is 18.3 Å². The fourth-order valence-corrected chi connectivity index (χ4v) is 5.51. The Morgan fingerprint density at radius 2 is 0.906 bits per heavy atom. The van der Waals surface area contributed by atoms with E-state index in [1.165, 1.54) is 6.21 Å². The van der Waals surface area contributed by atoms with Crippen LogP contribution in [0.2, 0.25) is 0 Å². The molecule has 0 spiro atoms. The van der Waals surface area contributed by atoms with E-state index in [-0.39, 0.29) is 28.9 Å². The Morgan fingerprint density at radius 3 is 1.38 bits per heavy atom. The zero-order valence-corrected chi connectivity index (χ0v) is 28.3. The van der Waals surface area contributed by atoms with Gasteiger partial charge in [-0.1, -0.05) is 108 Å². The Kier molecular flexibility index (Phi) is 12.3. The molecular weight excluding hydrogens is 678 g/mol. The van der Waals surface area contributed by atoms with E-state index in [0.717, 1.165) is 5.56 Å². The van der Waals surface area contributed by atoms with Crippen molar-refractivity contribution >= 4 is 30.1 Å². The van der Waals surface area contributed by atoms with Gasteiger partial charge in [-0.15, -0.1) is 0 Å². The van der Waals surface area contributed by atoms with Crippen LogP contribution in [0.1, 0.15) is 47.0 Å². The van der Waals surface area contributed by atoms with Crippen LogP contribution in [0.5, 0.6) is 0 Å². The highest BCUT2D eigenvalue weighted by molar-refractivity contribution is 5.92. The maximum absolute atomic E-state index is 13.7. The summed E-state index contributed by atoms with van der Waals surface area (Å²) in [7, 11) is 0. The number of nitrogens with zero attached hydrogens (tertiary/aromatic N) is 1. The third-order valence-corrected chi connectivity index (χ3v) is 8.17. The summed E-state index contributed by atoms with van der Waals surface area (Å²) in [6.07, 6.45) is -5.63. The molecule has 268 valence electrons. The predicted octanol–water partition coefficient (Wildman–Crippen LogP) is 6.49. The number of hydrogen-bond donors (Lipinski definition) is 0. The summed E-state index contributed by atoms with van der Waals surface area (Å²) in [6.45, 7) is -0.338. The molecule has 1 saturated heterocycles. The largest absolute Gasteiger partial charge is 0.459 e. The van der Waals surface area contributed by atoms with Crippen LogP contribution < -0.4 is 0 Å². The summed E-state index contributed by atoms with van der Waals surface area (Å²) in [5, 5.41) is 4.11. The number of rotatable bonds is 13. The van der Waals surface area contributed by atoms with Crippen LogP contribution in [-0.2, 0) is 35.1 Å². The van der Waals surface area contributed by atoms with Crippen molar-refractivity contribution in [2.45, 2.75) is 37.1 Å². The normalized spacial score (nSPS) is 19.4. The minimum atomic E-state index is -1.50. The van der Waals surface area contributed by atoms with Gasteiger partial charge in [-0.25, -0.2) is 19.2 Å². The second-order valence-electron chi connectivity index (χ2n) is 11.8. The van der Waals surface area contributed by atoms with E-state index < -0.39 is 61.0 Å². The Balaban J connectivity index is 1.38. The molecule has 1 aliphatic rings. The van der Waals surface area contributed by atoms with Crippen molar-refractivity contribution in [2.24, 2.45) is 5.16 Å². The Morgan fingerprint density at radius 1 is 0.509 bits per heavy atom. The Labute approximate surface area is 305 Å². The molecule has 6 rings (SSSR count). The molecule has 1 aliphatic heterocycles. The van der Waals surface area contributed by atoms with Crippen molar-refractivity contribution < 1.29 is 47.7 Å². The molecule has 11 nitrogen and oxygen atoms in total. The van der Waals surface area contributed by atoms with Gasteiger partial charge in [-0.05, 0) is 54.1 Å². The van der Waals surface area contributed by atoms with Crippen molar-refractivity contribution in [3.05, 3.63) is 179 Å². The number of carbonyl (C=O) groups excluding carboxylic acids is 4. The lowest BCUT2D eigenvalue weighted by Crippen LogP contribution is -2.63. The average molecular weight is 714 g/mol. The minimum Gasteiger partial charge on any atom is -0.459 e. The fraction of sp³-hybridized carbons (Fsp3) is 0.167. The summed E-state index contributed by atoms with van der Waals surface area (Å²) >= 11 is 0. The van der Waals surface area contributed by atoms with E-state index in [1.54, 1.807) is 121 Å². The van der Waals surface area contributed by atoms with Crippen LogP contribution in [0.15, 0.2) is 157 Å². The molecule has 5 aromatic rings. The van der Waals surface area contributed by atoms with Gasteiger partial charge in [-0.2, -0.15) is 0 Å². The maximum atomic E-state index is 13.7. The molecule has 1 fully saturated rings. The highest BCUT2D eigenvalue weighted by Gasteiger charge is 2.52. The molecule has 0 radical (unpaired) electrons. The van der Waals surface area contributed by atoms with Crippen molar-refractivity contribution in [1.82, 2.24) is 0 Å². The second kappa shape index (κ2) is 18.1. The van der Waals surface area contributed by atoms with E-state index >= 15 is 0 Å². The van der Waals surface area contributed by atoms with E-state index in [2.05, 4.69) is 5.16 Å². The molecule has 5 atom stereocenters. The van der Waals surface area contributed by atoms with Gasteiger partial charge in [-0.3, -0.25) is 0 Å². The lowest BCUT2D eigenvalue weighted by molar-refractivity contribution is -0.212. The number of oxime groups is 1. The molecule has 53 heavy (non-hydrogen) atoms. The lowest BCUT2D eigenvalue weighted by Gasteiger charge is -2.43. The summed E-state index contributed by atoms with van der Waals surface area (Å²) in [6, 6.07) is 42.1. The SMILES string of the molecule is O=C(OC[C@H]1O[C@@H](/C=N/OCc2ccccc2)[C@H](OC(=O)c2ccccc2)[C@@H](OC(=O)c2ccccc2)[C@@H]1OC(=O)c1ccccc1)c1ccccc1. The molecule has 0 aromatic heterocycles. The lowest BCUT2D eigenvalue weighted by atomic mass is 9.94. The zero-order valence-electron chi connectivity index (χ0n) is 28.3. The molecular formula is C42H35NO10. The van der Waals surface area contributed by atoms with Gasteiger partial charge in [0, 0.05) is 0 Å². The first kappa shape index (κ1) is 36.2. The fourth-order valence-electron chi connectivity index (χ4n) is 5.51. The quantitative estimate of drug-likeness (QED) is 0.0577. The van der Waals surface area contributed by atoms with Crippen LogP contribution >= 0.6 is 0 Å². The Hall–Kier alpha value is -6.59. The van der Waals surface area contributed by atoms with Crippen molar-refractivity contribution in [2.75, 3.05) is 6.61 Å². The van der Waals surface area contributed by atoms with E-state index in [9.17, 15) is 19.2 Å². The molecule has 0 amide bonds. The first-order chi connectivity index (χ1) is 26.0. The number of ether oxygens (including phenoxy) is 5. The zero-order chi connectivity index (χ0) is 36.8. The molecule has 5 aromatic carbocycles. The van der Waals surface area contributed by atoms with Crippen LogP contribution in [-0.4, -0.2) is 67.2 Å².